The number of nitrogens with zero attached hydrogens (tertiary/aromatic N) is 3. The average molecular weight is 281 g/mol. The number of hydrogen-bond acceptors (Lipinski definition) is 6. The predicted molar refractivity (Wildman–Crippen MR) is 80.1 cm³/mol. The number of anilines is 2. The van der Waals surface area contributed by atoms with Gasteiger partial charge < -0.3 is 10.6 Å². The van der Waals surface area contributed by atoms with Crippen molar-refractivity contribution in [1.29, 1.82) is 0 Å². The quantitative estimate of drug-likeness (QED) is 0.589. The van der Waals surface area contributed by atoms with Gasteiger partial charge in [-0.25, -0.2) is 4.98 Å². The van der Waals surface area contributed by atoms with Crippen LogP contribution in [-0.4, -0.2) is 28.0 Å². The smallest absolute Gasteiger partial charge is 0.332 e. The Kier molecular flexibility index (Phi) is 5.66. The summed E-state index contributed by atoms with van der Waals surface area (Å²) in [5.74, 6) is 1.59. The molecular formula is C13H23N5O2. The van der Waals surface area contributed by atoms with Gasteiger partial charge in [-0.15, -0.1) is 0 Å². The van der Waals surface area contributed by atoms with Crippen molar-refractivity contribution in [3.8, 4) is 0 Å². The molecular weight excluding hydrogens is 258 g/mol. The van der Waals surface area contributed by atoms with Crippen LogP contribution in [0, 0.1) is 28.9 Å². The zero-order chi connectivity index (χ0) is 15.3. The fraction of sp³-hybridized carbons (Fsp3) is 0.692. The monoisotopic (exact) mass is 281 g/mol. The summed E-state index contributed by atoms with van der Waals surface area (Å²) in [6.07, 6.45) is 0. The lowest BCUT2D eigenvalue weighted by Gasteiger charge is -2.17. The summed E-state index contributed by atoms with van der Waals surface area (Å²) in [6, 6.07) is 0. The molecule has 1 unspecified atom stereocenters. The summed E-state index contributed by atoms with van der Waals surface area (Å²) in [5, 5.41) is 17.2. The van der Waals surface area contributed by atoms with Gasteiger partial charge in [0.25, 0.3) is 0 Å². The van der Waals surface area contributed by atoms with E-state index in [4.69, 9.17) is 0 Å². The second kappa shape index (κ2) is 7.02. The van der Waals surface area contributed by atoms with Crippen molar-refractivity contribution in [2.75, 3.05) is 23.7 Å². The Labute approximate surface area is 119 Å². The van der Waals surface area contributed by atoms with Crippen LogP contribution in [-0.2, 0) is 0 Å². The van der Waals surface area contributed by atoms with E-state index in [0.29, 0.717) is 36.6 Å². The van der Waals surface area contributed by atoms with Crippen molar-refractivity contribution < 1.29 is 4.92 Å². The van der Waals surface area contributed by atoms with Crippen molar-refractivity contribution in [3.05, 3.63) is 15.8 Å². The van der Waals surface area contributed by atoms with Gasteiger partial charge in [-0.2, -0.15) is 4.98 Å². The minimum Gasteiger partial charge on any atom is -0.364 e. The van der Waals surface area contributed by atoms with Gasteiger partial charge >= 0.3 is 5.69 Å². The number of nitrogens with one attached hydrogen (secondary N) is 2. The van der Waals surface area contributed by atoms with E-state index in [0.717, 1.165) is 0 Å². The van der Waals surface area contributed by atoms with Gasteiger partial charge in [0.15, 0.2) is 0 Å². The van der Waals surface area contributed by atoms with E-state index in [1.165, 1.54) is 0 Å². The molecule has 0 aliphatic heterocycles. The van der Waals surface area contributed by atoms with Crippen LogP contribution in [0.15, 0.2) is 0 Å². The van der Waals surface area contributed by atoms with Crippen LogP contribution < -0.4 is 10.6 Å². The first kappa shape index (κ1) is 16.1. The molecule has 1 heterocycles. The molecule has 7 heteroatoms. The molecule has 0 saturated carbocycles. The van der Waals surface area contributed by atoms with Crippen molar-refractivity contribution in [2.45, 2.75) is 34.6 Å². The summed E-state index contributed by atoms with van der Waals surface area (Å²) in [7, 11) is 0. The van der Waals surface area contributed by atoms with Crippen LogP contribution in [0.2, 0.25) is 0 Å². The van der Waals surface area contributed by atoms with E-state index in [9.17, 15) is 10.1 Å². The van der Waals surface area contributed by atoms with Crippen LogP contribution in [0.5, 0.6) is 0 Å². The third kappa shape index (κ3) is 4.04. The summed E-state index contributed by atoms with van der Waals surface area (Å²) in [4.78, 5) is 19.0. The van der Waals surface area contributed by atoms with Gasteiger partial charge in [0.2, 0.25) is 11.8 Å². The topological polar surface area (TPSA) is 93.0 Å². The van der Waals surface area contributed by atoms with Crippen molar-refractivity contribution in [2.24, 2.45) is 11.8 Å². The molecule has 7 nitrogen and oxygen atoms in total. The number of aryl methyl sites for hydroxylation is 1. The van der Waals surface area contributed by atoms with Crippen molar-refractivity contribution >= 4 is 17.5 Å². The molecule has 0 bridgehead atoms. The summed E-state index contributed by atoms with van der Waals surface area (Å²) in [5.41, 5.74) is 0.309. The van der Waals surface area contributed by atoms with Gasteiger partial charge in [0.1, 0.15) is 5.69 Å². The number of aromatic nitrogens is 2. The molecule has 0 spiro atoms. The van der Waals surface area contributed by atoms with E-state index in [1.54, 1.807) is 6.92 Å². The average Bonchev–Trinajstić information content (AvgIpc) is 2.34. The molecule has 1 rings (SSSR count). The zero-order valence-corrected chi connectivity index (χ0v) is 12.7. The first-order chi connectivity index (χ1) is 9.36. The lowest BCUT2D eigenvalue weighted by Crippen LogP contribution is -2.18. The molecule has 2 N–H and O–H groups in total. The van der Waals surface area contributed by atoms with Crippen LogP contribution in [0.3, 0.4) is 0 Å². The van der Waals surface area contributed by atoms with Gasteiger partial charge in [-0.3, -0.25) is 10.1 Å². The lowest BCUT2D eigenvalue weighted by molar-refractivity contribution is -0.385. The maximum Gasteiger partial charge on any atom is 0.332 e. The zero-order valence-electron chi connectivity index (χ0n) is 12.7. The van der Waals surface area contributed by atoms with Crippen molar-refractivity contribution in [3.63, 3.8) is 0 Å². The molecule has 1 aromatic heterocycles. The molecule has 0 saturated heterocycles. The Hall–Kier alpha value is -1.92. The van der Waals surface area contributed by atoms with E-state index >= 15 is 0 Å². The molecule has 0 amide bonds. The Morgan fingerprint density at radius 1 is 1.25 bits per heavy atom. The second-order valence-corrected chi connectivity index (χ2v) is 5.22. The highest BCUT2D eigenvalue weighted by molar-refractivity contribution is 5.60. The summed E-state index contributed by atoms with van der Waals surface area (Å²) < 4.78 is 0. The first-order valence-corrected chi connectivity index (χ1v) is 6.87. The van der Waals surface area contributed by atoms with Gasteiger partial charge in [-0.1, -0.05) is 20.8 Å². The third-order valence-electron chi connectivity index (χ3n) is 3.31. The summed E-state index contributed by atoms with van der Waals surface area (Å²) >= 11 is 0. The first-order valence-electron chi connectivity index (χ1n) is 6.87. The SMILES string of the molecule is CCNc1nc(C)c([N+](=O)[O-])c(NCC(C)C(C)C)n1. The van der Waals surface area contributed by atoms with Gasteiger partial charge in [-0.05, 0) is 25.7 Å². The van der Waals surface area contributed by atoms with Crippen LogP contribution >= 0.6 is 0 Å². The Morgan fingerprint density at radius 2 is 1.90 bits per heavy atom. The predicted octanol–water partition coefficient (Wildman–Crippen LogP) is 2.83. The lowest BCUT2D eigenvalue weighted by atomic mass is 9.98. The molecule has 0 aliphatic rings. The van der Waals surface area contributed by atoms with Crippen LogP contribution in [0.25, 0.3) is 0 Å². The highest BCUT2D eigenvalue weighted by Gasteiger charge is 2.22. The molecule has 112 valence electrons. The standard InChI is InChI=1S/C13H23N5O2/c1-6-14-13-16-10(5)11(18(19)20)12(17-13)15-7-9(4)8(2)3/h8-9H,6-7H2,1-5H3,(H2,14,15,16,17). The molecule has 20 heavy (non-hydrogen) atoms. The fourth-order valence-electron chi connectivity index (χ4n) is 1.64. The number of hydrogen-bond donors (Lipinski definition) is 2. The van der Waals surface area contributed by atoms with E-state index in [-0.39, 0.29) is 11.5 Å². The summed E-state index contributed by atoms with van der Waals surface area (Å²) in [6.45, 7) is 11.2. The van der Waals surface area contributed by atoms with E-state index < -0.39 is 4.92 Å². The normalized spacial score (nSPS) is 12.3. The minimum atomic E-state index is -0.437. The van der Waals surface area contributed by atoms with E-state index in [1.807, 2.05) is 6.92 Å². The van der Waals surface area contributed by atoms with Gasteiger partial charge in [0.05, 0.1) is 4.92 Å². The number of nitro groups is 1. The van der Waals surface area contributed by atoms with Crippen molar-refractivity contribution in [1.82, 2.24) is 9.97 Å². The maximum absolute atomic E-state index is 11.2. The Balaban J connectivity index is 3.03. The van der Waals surface area contributed by atoms with E-state index in [2.05, 4.69) is 41.4 Å². The molecule has 0 fully saturated rings. The Bertz CT molecular complexity index is 476. The van der Waals surface area contributed by atoms with Crippen LogP contribution in [0.4, 0.5) is 17.5 Å². The molecule has 0 aromatic carbocycles. The molecule has 1 atom stereocenters. The molecule has 0 radical (unpaired) electrons. The minimum absolute atomic E-state index is 0.0531. The number of rotatable bonds is 7. The fourth-order valence-corrected chi connectivity index (χ4v) is 1.64. The second-order valence-electron chi connectivity index (χ2n) is 5.22. The largest absolute Gasteiger partial charge is 0.364 e. The molecule has 0 aliphatic carbocycles. The third-order valence-corrected chi connectivity index (χ3v) is 3.31. The van der Waals surface area contributed by atoms with Crippen LogP contribution in [0.1, 0.15) is 33.4 Å². The highest BCUT2D eigenvalue weighted by Crippen LogP contribution is 2.27. The molecule has 1 aromatic rings. The Morgan fingerprint density at radius 3 is 2.40 bits per heavy atom. The highest BCUT2D eigenvalue weighted by atomic mass is 16.6. The van der Waals surface area contributed by atoms with Gasteiger partial charge in [0, 0.05) is 13.1 Å². The maximum atomic E-state index is 11.2.